The van der Waals surface area contributed by atoms with E-state index in [1.54, 1.807) is 30.9 Å². The van der Waals surface area contributed by atoms with Crippen molar-refractivity contribution in [2.75, 3.05) is 0 Å². The van der Waals surface area contributed by atoms with Gasteiger partial charge >= 0.3 is 0 Å². The molecule has 4 nitrogen and oxygen atoms in total. The molecule has 1 N–H and O–H groups in total. The van der Waals surface area contributed by atoms with Crippen LogP contribution in [0.1, 0.15) is 274 Å². The average molecular weight is 1780 g/mol. The minimum Gasteiger partial charge on any atom is -0.361 e. The van der Waals surface area contributed by atoms with E-state index in [4.69, 9.17) is 0 Å². The molecule has 16 aromatic carbocycles. The highest BCUT2D eigenvalue weighted by Crippen LogP contribution is 2.48. The van der Waals surface area contributed by atoms with Gasteiger partial charge in [-0.15, -0.1) is 0 Å². The van der Waals surface area contributed by atoms with E-state index in [-0.39, 0.29) is 5.41 Å². The molecule has 0 bridgehead atoms. The third-order valence-corrected chi connectivity index (χ3v) is 17.0. The van der Waals surface area contributed by atoms with Crippen LogP contribution < -0.4 is 0 Å². The maximum Gasteiger partial charge on any atom is 0.115 e. The monoisotopic (exact) mass is 1780 g/mol. The second-order valence-electron chi connectivity index (χ2n) is 23.6. The summed E-state index contributed by atoms with van der Waals surface area (Å²) >= 11 is 0. The fourth-order valence-electron chi connectivity index (χ4n) is 12.3. The molecule has 19 aromatic rings. The molecule has 0 radical (unpaired) electrons. The first-order valence-electron chi connectivity index (χ1n) is 50.5. The van der Waals surface area contributed by atoms with Crippen LogP contribution >= 0.6 is 0 Å². The van der Waals surface area contributed by atoms with E-state index in [9.17, 15) is 0 Å². The minimum absolute atomic E-state index is 0.160. The molecule has 714 valence electrons. The molecule has 3 heterocycles. The van der Waals surface area contributed by atoms with E-state index < -0.39 is 0 Å². The topological polar surface area (TPSA) is 54.5 Å². The Morgan fingerprint density at radius 3 is 0.659 bits per heavy atom. The van der Waals surface area contributed by atoms with Crippen molar-refractivity contribution >= 4 is 97.1 Å². The van der Waals surface area contributed by atoms with Gasteiger partial charge in [0.25, 0.3) is 0 Å². The van der Waals surface area contributed by atoms with E-state index in [2.05, 4.69) is 331 Å². The first-order chi connectivity index (χ1) is 65.5. The predicted molar refractivity (Wildman–Crippen MR) is 616 cm³/mol. The second-order valence-corrected chi connectivity index (χ2v) is 23.6. The van der Waals surface area contributed by atoms with Gasteiger partial charge in [0, 0.05) is 41.9 Å². The van der Waals surface area contributed by atoms with Crippen LogP contribution in [-0.4, -0.2) is 19.9 Å². The molecule has 0 unspecified atom stereocenters. The molecule has 0 amide bonds. The summed E-state index contributed by atoms with van der Waals surface area (Å²) in [6.07, 6.45) is 10.3. The molecule has 0 atom stereocenters. The molecule has 1 aliphatic carbocycles. The molecule has 1 aliphatic rings. The largest absolute Gasteiger partial charge is 0.361 e. The zero-order valence-electron chi connectivity index (χ0n) is 90.0. The number of hydrogen-bond donors (Lipinski definition) is 1. The third-order valence-electron chi connectivity index (χ3n) is 17.0. The van der Waals surface area contributed by atoms with Gasteiger partial charge in [-0.05, 0) is 156 Å². The number of para-hydroxylation sites is 1. The van der Waals surface area contributed by atoms with Crippen LogP contribution in [-0.2, 0) is 5.41 Å². The van der Waals surface area contributed by atoms with Gasteiger partial charge in [-0.2, -0.15) is 0 Å². The molecule has 0 aliphatic heterocycles. The number of fused-ring (bicyclic) bond motifs is 10. The Morgan fingerprint density at radius 2 is 0.402 bits per heavy atom. The maximum absolute atomic E-state index is 3.78. The highest BCUT2D eigenvalue weighted by molar-refractivity contribution is 6.23. The quantitative estimate of drug-likeness (QED) is 0.122. The molecule has 20 rings (SSSR count). The Bertz CT molecular complexity index is 4930. The summed E-state index contributed by atoms with van der Waals surface area (Å²) in [7, 11) is 0. The van der Waals surface area contributed by atoms with Crippen LogP contribution in [0.4, 0.5) is 0 Å². The lowest BCUT2D eigenvalue weighted by Gasteiger charge is -2.20. The van der Waals surface area contributed by atoms with Gasteiger partial charge in [0.15, 0.2) is 0 Å². The highest BCUT2D eigenvalue weighted by Gasteiger charge is 2.34. The van der Waals surface area contributed by atoms with Gasteiger partial charge in [0.05, 0.1) is 0 Å². The first kappa shape index (κ1) is 133. The lowest BCUT2D eigenvalue weighted by atomic mass is 9.82. The Morgan fingerprint density at radius 1 is 0.174 bits per heavy atom. The van der Waals surface area contributed by atoms with E-state index in [1.807, 2.05) is 322 Å². The van der Waals surface area contributed by atoms with Gasteiger partial charge in [0.2, 0.25) is 0 Å². The van der Waals surface area contributed by atoms with Crippen molar-refractivity contribution in [1.29, 1.82) is 0 Å². The molecular weight excluding hydrogens is 1590 g/mol. The van der Waals surface area contributed by atoms with Crippen molar-refractivity contribution in [2.45, 2.75) is 269 Å². The van der Waals surface area contributed by atoms with Crippen molar-refractivity contribution < 1.29 is 0 Å². The summed E-state index contributed by atoms with van der Waals surface area (Å²) < 4.78 is 0. The number of H-pyrrole nitrogens is 1. The number of hydrogen-bond acceptors (Lipinski definition) is 3. The molecular formula is C128H182N4. The van der Waals surface area contributed by atoms with Crippen LogP contribution in [0, 0.1) is 0 Å². The van der Waals surface area contributed by atoms with Gasteiger partial charge in [0.1, 0.15) is 6.33 Å². The van der Waals surface area contributed by atoms with E-state index in [1.165, 1.54) is 126 Å². The fourth-order valence-corrected chi connectivity index (χ4v) is 12.3. The zero-order chi connectivity index (χ0) is 101. The van der Waals surface area contributed by atoms with Crippen molar-refractivity contribution in [3.8, 4) is 11.1 Å². The van der Waals surface area contributed by atoms with Gasteiger partial charge in [-0.3, -0.25) is 4.98 Å². The highest BCUT2D eigenvalue weighted by atomic mass is 14.8. The number of nitrogens with zero attached hydrogens (tertiary/aromatic N) is 3. The van der Waals surface area contributed by atoms with Crippen molar-refractivity contribution in [3.63, 3.8) is 0 Å². The minimum atomic E-state index is 0.160. The molecule has 0 saturated heterocycles. The number of nitrogens with one attached hydrogen (secondary N) is 1. The standard InChI is InChI=1S/C16H10.C15H14.2C14H10.C10H8.C8H7N.C6H6.C5H5N.C4H4N2.18C2H6/c1-3-11-7-9-13-5-2-6-14-10-8-12(4-1)15(11)16(13)14;1-15(2)13-9-5-3-7-11(13)12-8-4-6-10-14(12)15;1-3-7-13-11(5-1)9-10-12-6-2-4-8-14(12)13;1-2-6-12-10-14-8-4-3-7-13(14)9-11(12)5-1;1-2-6-10-8-4-3-7-9(10)5-1;1-2-4-8-7(3-1)5-6-9-8;2*1-2-4-6-5-3-1;1-2-5-4-6-3-1;18*1-2/h1-10H;3-10H,1-2H3;2*1-10H;1-8H;1-6,9H;1-6H;1-5H;1-4H;18*1-2H3. The number of rotatable bonds is 0. The second kappa shape index (κ2) is 96.2. The lowest BCUT2D eigenvalue weighted by molar-refractivity contribution is 0.660. The normalized spacial score (nSPS) is 8.89. The van der Waals surface area contributed by atoms with Crippen LogP contribution in [0.3, 0.4) is 0 Å². The van der Waals surface area contributed by atoms with Gasteiger partial charge < -0.3 is 4.98 Å². The van der Waals surface area contributed by atoms with Crippen LogP contribution in [0.15, 0.2) is 407 Å². The Hall–Kier alpha value is -12.4. The van der Waals surface area contributed by atoms with Crippen molar-refractivity contribution in [2.24, 2.45) is 0 Å². The average Bonchev–Trinajstić information content (AvgIpc) is 1.65. The first-order valence-corrected chi connectivity index (χ1v) is 50.5. The van der Waals surface area contributed by atoms with Crippen molar-refractivity contribution in [3.05, 3.63) is 418 Å². The number of aromatic nitrogens is 4. The van der Waals surface area contributed by atoms with E-state index in [0.717, 1.165) is 0 Å². The van der Waals surface area contributed by atoms with Gasteiger partial charge in [-0.1, -0.05) is 591 Å². The number of benzene rings is 16. The SMILES string of the molecule is CC.CC.CC.CC.CC.CC.CC.CC.CC.CC.CC.CC.CC.CC.CC.CC.CC.CC.CC1(C)c2ccccc2-c2ccccc21.c1cc2ccc3cccc4ccc(c1)c2c34.c1ccc2[nH]ccc2c1.c1ccc2c(c1)ccc1ccccc12.c1ccc2cc3ccccc3cc2c1.c1ccc2ccccc2c1.c1ccccc1.c1ccncc1.c1cncnc1. The summed E-state index contributed by atoms with van der Waals surface area (Å²) in [5, 5.41) is 22.6. The lowest BCUT2D eigenvalue weighted by Crippen LogP contribution is -2.14. The van der Waals surface area contributed by atoms with Crippen LogP contribution in [0.5, 0.6) is 0 Å². The maximum atomic E-state index is 3.78. The third kappa shape index (κ3) is 48.5. The Balaban J connectivity index is -0.000000258. The molecule has 0 fully saturated rings. The van der Waals surface area contributed by atoms with Gasteiger partial charge in [-0.25, -0.2) is 9.97 Å². The molecule has 3 aromatic heterocycles. The summed E-state index contributed by atoms with van der Waals surface area (Å²) in [5.74, 6) is 0. The summed E-state index contributed by atoms with van der Waals surface area (Å²) in [4.78, 5) is 14.3. The zero-order valence-corrected chi connectivity index (χ0v) is 90.0. The fraction of sp³-hybridized carbons (Fsp3) is 0.305. The van der Waals surface area contributed by atoms with Crippen LogP contribution in [0.25, 0.3) is 108 Å². The summed E-state index contributed by atoms with van der Waals surface area (Å²) in [6, 6.07) is 129. The molecule has 0 spiro atoms. The molecule has 4 heteroatoms. The van der Waals surface area contributed by atoms with E-state index >= 15 is 0 Å². The summed E-state index contributed by atoms with van der Waals surface area (Å²) in [6.45, 7) is 76.6. The predicted octanol–water partition coefficient (Wildman–Crippen LogP) is 43.3. The number of aromatic amines is 1. The van der Waals surface area contributed by atoms with Crippen molar-refractivity contribution in [1.82, 2.24) is 19.9 Å². The van der Waals surface area contributed by atoms with E-state index in [0.29, 0.717) is 0 Å². The summed E-state index contributed by atoms with van der Waals surface area (Å²) in [5.41, 5.74) is 7.07. The molecule has 0 saturated carbocycles. The number of pyridine rings is 1. The smallest absolute Gasteiger partial charge is 0.115 e. The molecule has 132 heavy (non-hydrogen) atoms. The Labute approximate surface area is 809 Å². The van der Waals surface area contributed by atoms with Crippen LogP contribution in [0.2, 0.25) is 0 Å². The Kier molecular flexibility index (Phi) is 96.7.